The van der Waals surface area contributed by atoms with Crippen molar-refractivity contribution < 1.29 is 18.6 Å². The maximum absolute atomic E-state index is 12.9. The highest BCUT2D eigenvalue weighted by Crippen LogP contribution is 2.33. The zero-order valence-electron chi connectivity index (χ0n) is 10.1. The van der Waals surface area contributed by atoms with Gasteiger partial charge >= 0.3 is 0 Å². The van der Waals surface area contributed by atoms with E-state index in [0.29, 0.717) is 18.1 Å². The molecule has 0 spiro atoms. The summed E-state index contributed by atoms with van der Waals surface area (Å²) in [4.78, 5) is 0. The van der Waals surface area contributed by atoms with Crippen molar-refractivity contribution in [3.63, 3.8) is 0 Å². The van der Waals surface area contributed by atoms with Crippen LogP contribution in [0, 0.1) is 5.82 Å². The Morgan fingerprint density at radius 3 is 2.79 bits per heavy atom. The molecule has 0 unspecified atom stereocenters. The molecule has 0 aliphatic carbocycles. The smallest absolute Gasteiger partial charge is 0.231 e. The summed E-state index contributed by atoms with van der Waals surface area (Å²) < 4.78 is 28.9. The number of fused-ring (bicyclic) bond motifs is 1. The van der Waals surface area contributed by atoms with E-state index in [4.69, 9.17) is 19.9 Å². The van der Waals surface area contributed by atoms with Crippen molar-refractivity contribution in [2.75, 3.05) is 12.5 Å². The van der Waals surface area contributed by atoms with E-state index in [1.54, 1.807) is 0 Å². The monoisotopic (exact) mass is 261 g/mol. The molecule has 0 bridgehead atoms. The number of halogens is 1. The lowest BCUT2D eigenvalue weighted by molar-refractivity contribution is 0.174. The quantitative estimate of drug-likeness (QED) is 0.863. The van der Waals surface area contributed by atoms with Crippen LogP contribution in [-0.4, -0.2) is 6.79 Å². The van der Waals surface area contributed by atoms with E-state index in [1.165, 1.54) is 18.2 Å². The molecule has 1 aliphatic rings. The molecule has 0 saturated heterocycles. The molecule has 2 aromatic carbocycles. The Labute approximate surface area is 109 Å². The van der Waals surface area contributed by atoms with Crippen LogP contribution in [0.3, 0.4) is 0 Å². The summed E-state index contributed by atoms with van der Waals surface area (Å²) in [6.45, 7) is 0.566. The molecule has 0 fully saturated rings. The second kappa shape index (κ2) is 4.68. The minimum Gasteiger partial charge on any atom is -0.487 e. The molecule has 0 atom stereocenters. The summed E-state index contributed by atoms with van der Waals surface area (Å²) >= 11 is 0. The van der Waals surface area contributed by atoms with Gasteiger partial charge in [-0.05, 0) is 29.8 Å². The van der Waals surface area contributed by atoms with Crippen molar-refractivity contribution in [2.45, 2.75) is 6.61 Å². The molecule has 0 saturated carbocycles. The van der Waals surface area contributed by atoms with Crippen LogP contribution in [-0.2, 0) is 6.61 Å². The van der Waals surface area contributed by atoms with Gasteiger partial charge in [0.15, 0.2) is 11.5 Å². The number of nitrogens with two attached hydrogens (primary N) is 1. The number of hydrogen-bond donors (Lipinski definition) is 1. The van der Waals surface area contributed by atoms with Crippen LogP contribution in [0.25, 0.3) is 0 Å². The number of anilines is 1. The summed E-state index contributed by atoms with van der Waals surface area (Å²) in [5, 5.41) is 0. The highest BCUT2D eigenvalue weighted by molar-refractivity contribution is 5.52. The Morgan fingerprint density at radius 2 is 1.95 bits per heavy atom. The van der Waals surface area contributed by atoms with E-state index in [-0.39, 0.29) is 18.3 Å². The highest BCUT2D eigenvalue weighted by Gasteiger charge is 2.13. The molecule has 19 heavy (non-hydrogen) atoms. The van der Waals surface area contributed by atoms with Gasteiger partial charge in [-0.2, -0.15) is 0 Å². The normalized spacial score (nSPS) is 12.5. The SMILES string of the molecule is Nc1cc(F)ccc1OCc1ccc2c(c1)OCO2. The van der Waals surface area contributed by atoms with Crippen molar-refractivity contribution in [3.05, 3.63) is 47.8 Å². The zero-order chi connectivity index (χ0) is 13.2. The van der Waals surface area contributed by atoms with Gasteiger partial charge in [-0.25, -0.2) is 4.39 Å². The Morgan fingerprint density at radius 1 is 1.11 bits per heavy atom. The fourth-order valence-electron chi connectivity index (χ4n) is 1.84. The molecule has 1 aliphatic heterocycles. The number of rotatable bonds is 3. The van der Waals surface area contributed by atoms with Crippen LogP contribution in [0.4, 0.5) is 10.1 Å². The third kappa shape index (κ3) is 2.40. The van der Waals surface area contributed by atoms with Crippen LogP contribution < -0.4 is 19.9 Å². The van der Waals surface area contributed by atoms with Crippen LogP contribution >= 0.6 is 0 Å². The van der Waals surface area contributed by atoms with Gasteiger partial charge in [-0.1, -0.05) is 6.07 Å². The molecular formula is C14H12FNO3. The van der Waals surface area contributed by atoms with Gasteiger partial charge in [0.1, 0.15) is 18.2 Å². The standard InChI is InChI=1S/C14H12FNO3/c15-10-2-4-12(11(16)6-10)17-7-9-1-3-13-14(5-9)19-8-18-13/h1-6H,7-8,16H2. The van der Waals surface area contributed by atoms with Gasteiger partial charge in [0, 0.05) is 6.07 Å². The lowest BCUT2D eigenvalue weighted by Gasteiger charge is -2.09. The first kappa shape index (κ1) is 11.6. The maximum atomic E-state index is 12.9. The van der Waals surface area contributed by atoms with Gasteiger partial charge in [-0.15, -0.1) is 0 Å². The average molecular weight is 261 g/mol. The molecule has 5 heteroatoms. The van der Waals surface area contributed by atoms with Gasteiger partial charge in [0.2, 0.25) is 6.79 Å². The molecular weight excluding hydrogens is 249 g/mol. The molecule has 0 amide bonds. The van der Waals surface area contributed by atoms with Crippen molar-refractivity contribution in [3.8, 4) is 17.2 Å². The van der Waals surface area contributed by atoms with Gasteiger partial charge < -0.3 is 19.9 Å². The summed E-state index contributed by atoms with van der Waals surface area (Å²) in [5.41, 5.74) is 6.87. The Hall–Kier alpha value is -2.43. The number of nitrogen functional groups attached to an aromatic ring is 1. The molecule has 0 radical (unpaired) electrons. The minimum atomic E-state index is -0.382. The number of benzene rings is 2. The molecule has 2 N–H and O–H groups in total. The third-order valence-electron chi connectivity index (χ3n) is 2.80. The third-order valence-corrected chi connectivity index (χ3v) is 2.80. The van der Waals surface area contributed by atoms with Gasteiger partial charge in [-0.3, -0.25) is 0 Å². The highest BCUT2D eigenvalue weighted by atomic mass is 19.1. The van der Waals surface area contributed by atoms with Crippen molar-refractivity contribution in [1.82, 2.24) is 0 Å². The summed E-state index contributed by atoms with van der Waals surface area (Å²) in [7, 11) is 0. The predicted octanol–water partition coefficient (Wildman–Crippen LogP) is 2.72. The van der Waals surface area contributed by atoms with Crippen LogP contribution in [0.15, 0.2) is 36.4 Å². The van der Waals surface area contributed by atoms with Crippen molar-refractivity contribution in [2.24, 2.45) is 0 Å². The molecule has 2 aromatic rings. The van der Waals surface area contributed by atoms with E-state index < -0.39 is 0 Å². The van der Waals surface area contributed by atoms with E-state index in [0.717, 1.165) is 11.3 Å². The van der Waals surface area contributed by atoms with E-state index >= 15 is 0 Å². The fraction of sp³-hybridized carbons (Fsp3) is 0.143. The number of ether oxygens (including phenoxy) is 3. The fourth-order valence-corrected chi connectivity index (χ4v) is 1.84. The first-order chi connectivity index (χ1) is 9.22. The van der Waals surface area contributed by atoms with E-state index in [1.807, 2.05) is 18.2 Å². The molecule has 3 rings (SSSR count). The Balaban J connectivity index is 1.72. The second-order valence-electron chi connectivity index (χ2n) is 4.16. The van der Waals surface area contributed by atoms with Gasteiger partial charge in [0.25, 0.3) is 0 Å². The lowest BCUT2D eigenvalue weighted by atomic mass is 10.2. The zero-order valence-corrected chi connectivity index (χ0v) is 10.1. The summed E-state index contributed by atoms with van der Waals surface area (Å²) in [5.74, 6) is 1.50. The lowest BCUT2D eigenvalue weighted by Crippen LogP contribution is -1.99. The summed E-state index contributed by atoms with van der Waals surface area (Å²) in [6.07, 6.45) is 0. The first-order valence-corrected chi connectivity index (χ1v) is 5.79. The first-order valence-electron chi connectivity index (χ1n) is 5.79. The largest absolute Gasteiger partial charge is 0.487 e. The molecule has 4 nitrogen and oxygen atoms in total. The van der Waals surface area contributed by atoms with Crippen molar-refractivity contribution in [1.29, 1.82) is 0 Å². The Kier molecular flexibility index (Phi) is 2.87. The average Bonchev–Trinajstić information content (AvgIpc) is 2.85. The van der Waals surface area contributed by atoms with Crippen LogP contribution in [0.1, 0.15) is 5.56 Å². The number of hydrogen-bond acceptors (Lipinski definition) is 4. The molecule has 98 valence electrons. The van der Waals surface area contributed by atoms with Crippen molar-refractivity contribution >= 4 is 5.69 Å². The topological polar surface area (TPSA) is 53.7 Å². The summed E-state index contributed by atoms with van der Waals surface area (Å²) in [6, 6.07) is 9.61. The van der Waals surface area contributed by atoms with Gasteiger partial charge in [0.05, 0.1) is 5.69 Å². The minimum absolute atomic E-state index is 0.241. The van der Waals surface area contributed by atoms with E-state index in [2.05, 4.69) is 0 Å². The van der Waals surface area contributed by atoms with Crippen LogP contribution in [0.2, 0.25) is 0 Å². The van der Waals surface area contributed by atoms with Crippen LogP contribution in [0.5, 0.6) is 17.2 Å². The molecule has 1 heterocycles. The predicted molar refractivity (Wildman–Crippen MR) is 67.7 cm³/mol. The van der Waals surface area contributed by atoms with E-state index in [9.17, 15) is 4.39 Å². The molecule has 0 aromatic heterocycles. The second-order valence-corrected chi connectivity index (χ2v) is 4.16. The maximum Gasteiger partial charge on any atom is 0.231 e. The Bertz CT molecular complexity index is 616.